The van der Waals surface area contributed by atoms with Crippen molar-refractivity contribution >= 4 is 52.2 Å². The van der Waals surface area contributed by atoms with Crippen molar-refractivity contribution in [3.8, 4) is 11.5 Å². The predicted octanol–water partition coefficient (Wildman–Crippen LogP) is 6.75. The average Bonchev–Trinajstić information content (AvgIpc) is 3.15. The van der Waals surface area contributed by atoms with Gasteiger partial charge >= 0.3 is 0 Å². The van der Waals surface area contributed by atoms with Crippen molar-refractivity contribution in [1.29, 1.82) is 0 Å². The lowest BCUT2D eigenvalue weighted by molar-refractivity contribution is -0.123. The molecule has 1 N–H and O–H groups in total. The minimum Gasteiger partial charge on any atom is -0.490 e. The molecule has 0 unspecified atom stereocenters. The second kappa shape index (κ2) is 12.4. The Hall–Kier alpha value is -3.82. The van der Waals surface area contributed by atoms with Crippen LogP contribution in [0.3, 0.4) is 0 Å². The van der Waals surface area contributed by atoms with Crippen molar-refractivity contribution in [2.75, 3.05) is 18.5 Å². The van der Waals surface area contributed by atoms with E-state index in [1.165, 1.54) is 18.2 Å². The van der Waals surface area contributed by atoms with Gasteiger partial charge in [0.25, 0.3) is 17.1 Å². The number of thioether (sulfide) groups is 1. The number of carbonyl (C=O) groups is 3. The molecule has 0 aliphatic carbocycles. The Bertz CT molecular complexity index is 1460. The molecule has 3 aromatic rings. The zero-order valence-corrected chi connectivity index (χ0v) is 23.1. The van der Waals surface area contributed by atoms with Gasteiger partial charge in [-0.3, -0.25) is 19.3 Å². The number of hydrogen-bond donors (Lipinski definition) is 1. The molecule has 1 saturated heterocycles. The van der Waals surface area contributed by atoms with Crippen LogP contribution in [0.5, 0.6) is 11.5 Å². The third kappa shape index (κ3) is 6.79. The fourth-order valence-electron chi connectivity index (χ4n) is 3.79. The highest BCUT2D eigenvalue weighted by atomic mass is 35.5. The summed E-state index contributed by atoms with van der Waals surface area (Å²) in [6.07, 6.45) is 1.55. The van der Waals surface area contributed by atoms with Crippen LogP contribution in [-0.4, -0.2) is 35.2 Å². The molecule has 4 rings (SSSR count). The van der Waals surface area contributed by atoms with E-state index < -0.39 is 17.0 Å². The number of imide groups is 1. The first-order chi connectivity index (χ1) is 18.7. The number of aryl methyl sites for hydroxylation is 2. The molecule has 0 bridgehead atoms. The second-order valence-corrected chi connectivity index (χ2v) is 10.1. The van der Waals surface area contributed by atoms with E-state index in [0.29, 0.717) is 29.4 Å². The van der Waals surface area contributed by atoms with Gasteiger partial charge in [-0.05, 0) is 91.7 Å². The normalized spacial score (nSPS) is 14.2. The molecule has 1 aliphatic heterocycles. The van der Waals surface area contributed by atoms with Crippen LogP contribution < -0.4 is 14.8 Å². The summed E-state index contributed by atoms with van der Waals surface area (Å²) < 4.78 is 25.6. The summed E-state index contributed by atoms with van der Waals surface area (Å²) in [6, 6.07) is 14.8. The van der Waals surface area contributed by atoms with E-state index in [-0.39, 0.29) is 34.6 Å². The Morgan fingerprint density at radius 2 is 1.85 bits per heavy atom. The summed E-state index contributed by atoms with van der Waals surface area (Å²) >= 11 is 6.82. The maximum Gasteiger partial charge on any atom is 0.293 e. The van der Waals surface area contributed by atoms with Gasteiger partial charge < -0.3 is 14.8 Å². The molecule has 202 valence electrons. The number of benzene rings is 3. The Balaban J connectivity index is 1.46. The van der Waals surface area contributed by atoms with Gasteiger partial charge in [0.05, 0.1) is 18.1 Å². The molecule has 1 fully saturated rings. The minimum atomic E-state index is -0.592. The highest BCUT2D eigenvalue weighted by Crippen LogP contribution is 2.36. The number of carbonyl (C=O) groups excluding carboxylic acids is 3. The molecule has 7 nitrogen and oxygen atoms in total. The predicted molar refractivity (Wildman–Crippen MR) is 151 cm³/mol. The van der Waals surface area contributed by atoms with Crippen molar-refractivity contribution in [1.82, 2.24) is 4.90 Å². The zero-order valence-electron chi connectivity index (χ0n) is 21.5. The molecule has 0 aromatic heterocycles. The number of anilines is 1. The van der Waals surface area contributed by atoms with Gasteiger partial charge in [-0.1, -0.05) is 29.8 Å². The summed E-state index contributed by atoms with van der Waals surface area (Å²) in [5.74, 6) is -0.738. The molecule has 0 radical (unpaired) electrons. The van der Waals surface area contributed by atoms with Gasteiger partial charge in [-0.2, -0.15) is 0 Å². The quantitative estimate of drug-likeness (QED) is 0.287. The molecule has 0 saturated carbocycles. The first-order valence-corrected chi connectivity index (χ1v) is 13.3. The van der Waals surface area contributed by atoms with Crippen molar-refractivity contribution in [2.24, 2.45) is 0 Å². The molecule has 0 spiro atoms. The lowest BCUT2D eigenvalue weighted by Crippen LogP contribution is -2.28. The third-order valence-electron chi connectivity index (χ3n) is 5.97. The first kappa shape index (κ1) is 28.2. The second-order valence-electron chi connectivity index (χ2n) is 8.74. The minimum absolute atomic E-state index is 0.0735. The van der Waals surface area contributed by atoms with Crippen LogP contribution >= 0.6 is 23.4 Å². The number of amides is 3. The van der Waals surface area contributed by atoms with Crippen molar-refractivity contribution in [3.63, 3.8) is 0 Å². The lowest BCUT2D eigenvalue weighted by Gasteiger charge is -2.14. The fourth-order valence-corrected chi connectivity index (χ4v) is 4.85. The Labute approximate surface area is 234 Å². The van der Waals surface area contributed by atoms with Crippen LogP contribution in [0.4, 0.5) is 14.9 Å². The van der Waals surface area contributed by atoms with Crippen LogP contribution in [0.1, 0.15) is 29.2 Å². The molecule has 1 heterocycles. The van der Waals surface area contributed by atoms with Crippen LogP contribution in [0.15, 0.2) is 59.5 Å². The molecule has 3 aromatic carbocycles. The van der Waals surface area contributed by atoms with Gasteiger partial charge in [-0.25, -0.2) is 4.39 Å². The van der Waals surface area contributed by atoms with Crippen LogP contribution in [0.2, 0.25) is 5.02 Å². The average molecular weight is 569 g/mol. The maximum atomic E-state index is 14.2. The number of nitrogens with zero attached hydrogens (tertiary/aromatic N) is 1. The molecule has 0 atom stereocenters. The zero-order chi connectivity index (χ0) is 28.1. The van der Waals surface area contributed by atoms with Crippen LogP contribution in [0.25, 0.3) is 6.08 Å². The number of halogens is 2. The number of rotatable bonds is 9. The molecular formula is C29H26ClFN2O5S. The van der Waals surface area contributed by atoms with Gasteiger partial charge in [0.1, 0.15) is 5.82 Å². The van der Waals surface area contributed by atoms with Gasteiger partial charge in [0.15, 0.2) is 18.1 Å². The van der Waals surface area contributed by atoms with Gasteiger partial charge in [0.2, 0.25) is 0 Å². The summed E-state index contributed by atoms with van der Waals surface area (Å²) in [4.78, 5) is 39.0. The highest BCUT2D eigenvalue weighted by molar-refractivity contribution is 8.18. The Kier molecular flexibility index (Phi) is 8.93. The molecule has 10 heteroatoms. The summed E-state index contributed by atoms with van der Waals surface area (Å²) in [5.41, 5.74) is 3.53. The molecule has 1 aliphatic rings. The summed E-state index contributed by atoms with van der Waals surface area (Å²) in [6.45, 7) is 5.61. The van der Waals surface area contributed by atoms with Crippen molar-refractivity contribution in [2.45, 2.75) is 27.3 Å². The van der Waals surface area contributed by atoms with Crippen molar-refractivity contribution < 1.29 is 28.2 Å². The van der Waals surface area contributed by atoms with E-state index in [1.807, 2.05) is 39.0 Å². The Morgan fingerprint density at radius 1 is 1.05 bits per heavy atom. The Morgan fingerprint density at radius 3 is 2.56 bits per heavy atom. The molecule has 39 heavy (non-hydrogen) atoms. The number of nitrogens with one attached hydrogen (secondary N) is 1. The van der Waals surface area contributed by atoms with Crippen LogP contribution in [0, 0.1) is 19.7 Å². The van der Waals surface area contributed by atoms with E-state index in [9.17, 15) is 18.8 Å². The van der Waals surface area contributed by atoms with Gasteiger partial charge in [0, 0.05) is 16.3 Å². The largest absolute Gasteiger partial charge is 0.490 e. The number of hydrogen-bond acceptors (Lipinski definition) is 6. The third-order valence-corrected chi connectivity index (χ3v) is 7.23. The number of ether oxygens (including phenoxy) is 2. The smallest absolute Gasteiger partial charge is 0.293 e. The standard InChI is InChI=1S/C29H26ClFN2O5S/c1-4-37-25-13-19(9-11-24(25)38-16-27(34)32-20-10-8-17(2)18(3)12-20)14-26-28(35)33(29(36)39-26)15-21-22(30)6-5-7-23(21)31/h5-14H,4,15-16H2,1-3H3,(H,32,34)/b26-14+. The van der Waals surface area contributed by atoms with E-state index in [0.717, 1.165) is 27.8 Å². The van der Waals surface area contributed by atoms with E-state index in [2.05, 4.69) is 5.32 Å². The highest BCUT2D eigenvalue weighted by Gasteiger charge is 2.36. The van der Waals surface area contributed by atoms with Gasteiger partial charge in [-0.15, -0.1) is 0 Å². The molecular weight excluding hydrogens is 543 g/mol. The summed E-state index contributed by atoms with van der Waals surface area (Å²) in [5, 5.41) is 2.42. The van der Waals surface area contributed by atoms with E-state index in [4.69, 9.17) is 21.1 Å². The topological polar surface area (TPSA) is 84.9 Å². The fraction of sp³-hybridized carbons (Fsp3) is 0.207. The molecule has 3 amide bonds. The van der Waals surface area contributed by atoms with E-state index in [1.54, 1.807) is 24.3 Å². The monoisotopic (exact) mass is 568 g/mol. The van der Waals surface area contributed by atoms with E-state index >= 15 is 0 Å². The van der Waals surface area contributed by atoms with Crippen LogP contribution in [-0.2, 0) is 16.1 Å². The first-order valence-electron chi connectivity index (χ1n) is 12.1. The SMILES string of the molecule is CCOc1cc(/C=C2/SC(=O)N(Cc3c(F)cccc3Cl)C2=O)ccc1OCC(=O)Nc1ccc(C)c(C)c1. The summed E-state index contributed by atoms with van der Waals surface area (Å²) in [7, 11) is 0. The van der Waals surface area contributed by atoms with Crippen molar-refractivity contribution in [3.05, 3.63) is 92.6 Å². The maximum absolute atomic E-state index is 14.2. The lowest BCUT2D eigenvalue weighted by atomic mass is 10.1.